The van der Waals surface area contributed by atoms with Crippen LogP contribution in [0.1, 0.15) is 18.4 Å². The summed E-state index contributed by atoms with van der Waals surface area (Å²) in [5, 5.41) is 12.3. The van der Waals surface area contributed by atoms with E-state index in [1.807, 2.05) is 18.2 Å². The molecule has 1 aliphatic heterocycles. The molecule has 0 amide bonds. The van der Waals surface area contributed by atoms with Crippen LogP contribution >= 0.6 is 0 Å². The number of nitrogens with zero attached hydrogens (tertiary/aromatic N) is 1. The molecule has 1 atom stereocenters. The molecule has 2 heterocycles. The zero-order chi connectivity index (χ0) is 17.4. The number of hydrogen-bond donors (Lipinski definition) is 3. The van der Waals surface area contributed by atoms with Gasteiger partial charge in [-0.05, 0) is 54.5 Å². The number of rotatable bonds is 6. The molecule has 1 aromatic carbocycles. The molecule has 3 N–H and O–H groups in total. The maximum atomic E-state index is 12.1. The van der Waals surface area contributed by atoms with Crippen LogP contribution in [0.25, 0.3) is 11.1 Å². The van der Waals surface area contributed by atoms with Gasteiger partial charge in [0.2, 0.25) is 10.0 Å². The number of hydrogen-bond acceptors (Lipinski definition) is 5. The molecule has 1 aromatic heterocycles. The Bertz CT molecular complexity index is 877. The van der Waals surface area contributed by atoms with Crippen molar-refractivity contribution in [3.63, 3.8) is 0 Å². The quantitative estimate of drug-likeness (QED) is 0.731. The summed E-state index contributed by atoms with van der Waals surface area (Å²) in [5.74, 6) is 1.71. The Morgan fingerprint density at radius 1 is 1.20 bits per heavy atom. The first-order valence-corrected chi connectivity index (χ1v) is 10.0. The number of sulfonamides is 1. The van der Waals surface area contributed by atoms with Crippen LogP contribution in [-0.4, -0.2) is 37.7 Å². The Kier molecular flexibility index (Phi) is 4.23. The molecule has 1 saturated carbocycles. The van der Waals surface area contributed by atoms with Crippen molar-refractivity contribution in [2.24, 2.45) is 5.92 Å². The second kappa shape index (κ2) is 6.40. The lowest BCUT2D eigenvalue weighted by molar-refractivity contribution is 0.301. The summed E-state index contributed by atoms with van der Waals surface area (Å²) < 4.78 is 26.6. The molecule has 4 rings (SSSR count). The molecule has 7 heteroatoms. The van der Waals surface area contributed by atoms with Crippen molar-refractivity contribution in [1.29, 1.82) is 0 Å². The minimum atomic E-state index is -3.58. The number of benzene rings is 1. The zero-order valence-electron chi connectivity index (χ0n) is 13.8. The van der Waals surface area contributed by atoms with Crippen LogP contribution < -0.4 is 10.0 Å². The van der Waals surface area contributed by atoms with Gasteiger partial charge in [0, 0.05) is 24.3 Å². The van der Waals surface area contributed by atoms with Crippen LogP contribution in [0, 0.1) is 5.92 Å². The van der Waals surface area contributed by atoms with Gasteiger partial charge in [0.15, 0.2) is 0 Å². The van der Waals surface area contributed by atoms with E-state index in [1.165, 1.54) is 18.4 Å². The molecule has 0 spiro atoms. The maximum Gasteiger partial charge on any atom is 0.240 e. The lowest BCUT2D eigenvalue weighted by Gasteiger charge is -2.09. The number of aromatic nitrogens is 1. The molecule has 25 heavy (non-hydrogen) atoms. The van der Waals surface area contributed by atoms with Crippen LogP contribution in [0.4, 0.5) is 5.82 Å². The van der Waals surface area contributed by atoms with Gasteiger partial charge in [-0.1, -0.05) is 12.1 Å². The second-order valence-corrected chi connectivity index (χ2v) is 8.39. The summed E-state index contributed by atoms with van der Waals surface area (Å²) in [5.41, 5.74) is 3.30. The molecule has 1 fully saturated rings. The highest BCUT2D eigenvalue weighted by Gasteiger charge is 2.36. The van der Waals surface area contributed by atoms with Crippen LogP contribution in [0.3, 0.4) is 0 Å². The number of aliphatic hydroxyl groups is 1. The van der Waals surface area contributed by atoms with Gasteiger partial charge in [-0.2, -0.15) is 0 Å². The van der Waals surface area contributed by atoms with Crippen LogP contribution in [0.15, 0.2) is 41.4 Å². The molecule has 6 nitrogen and oxygen atoms in total. The third kappa shape index (κ3) is 3.27. The van der Waals surface area contributed by atoms with Gasteiger partial charge in [0.25, 0.3) is 0 Å². The van der Waals surface area contributed by atoms with E-state index in [0.29, 0.717) is 6.04 Å². The Balaban J connectivity index is 1.61. The molecule has 132 valence electrons. The normalized spacial score (nSPS) is 19.5. The van der Waals surface area contributed by atoms with Gasteiger partial charge in [0.1, 0.15) is 5.82 Å². The van der Waals surface area contributed by atoms with E-state index in [9.17, 15) is 8.42 Å². The van der Waals surface area contributed by atoms with Crippen molar-refractivity contribution in [3.8, 4) is 11.1 Å². The molecule has 2 aromatic rings. The van der Waals surface area contributed by atoms with E-state index in [1.54, 1.807) is 18.3 Å². The van der Waals surface area contributed by atoms with Crippen molar-refractivity contribution >= 4 is 15.8 Å². The van der Waals surface area contributed by atoms with E-state index in [4.69, 9.17) is 5.11 Å². The van der Waals surface area contributed by atoms with Gasteiger partial charge in [-0.15, -0.1) is 0 Å². The van der Waals surface area contributed by atoms with Crippen molar-refractivity contribution in [3.05, 3.63) is 42.1 Å². The summed E-state index contributed by atoms with van der Waals surface area (Å²) in [6, 6.07) is 9.32. The number of nitrogens with one attached hydrogen (secondary N) is 2. The van der Waals surface area contributed by atoms with Crippen molar-refractivity contribution in [2.45, 2.75) is 30.2 Å². The van der Waals surface area contributed by atoms with Crippen LogP contribution in [-0.2, 0) is 16.4 Å². The number of anilines is 1. The minimum Gasteiger partial charge on any atom is -0.395 e. The predicted octanol–water partition coefficient (Wildman–Crippen LogP) is 1.77. The van der Waals surface area contributed by atoms with E-state index < -0.39 is 10.0 Å². The lowest BCUT2D eigenvalue weighted by Crippen LogP contribution is -2.26. The van der Waals surface area contributed by atoms with Gasteiger partial charge in [-0.25, -0.2) is 18.1 Å². The highest BCUT2D eigenvalue weighted by atomic mass is 32.2. The second-order valence-electron chi connectivity index (χ2n) is 6.62. The summed E-state index contributed by atoms with van der Waals surface area (Å²) in [6.45, 7) is -0.216. The Morgan fingerprint density at radius 2 is 1.96 bits per heavy atom. The molecule has 0 bridgehead atoms. The third-order valence-corrected chi connectivity index (χ3v) is 6.35. The average Bonchev–Trinajstić information content (AvgIpc) is 3.38. The fourth-order valence-electron chi connectivity index (χ4n) is 3.40. The highest BCUT2D eigenvalue weighted by Crippen LogP contribution is 2.42. The molecule has 1 unspecified atom stereocenters. The Labute approximate surface area is 147 Å². The van der Waals surface area contributed by atoms with Crippen molar-refractivity contribution in [2.75, 3.05) is 18.5 Å². The average molecular weight is 359 g/mol. The van der Waals surface area contributed by atoms with E-state index in [-0.39, 0.29) is 18.0 Å². The lowest BCUT2D eigenvalue weighted by atomic mass is 9.98. The van der Waals surface area contributed by atoms with Crippen LogP contribution in [0.2, 0.25) is 0 Å². The summed E-state index contributed by atoms with van der Waals surface area (Å²) in [6.07, 6.45) is 5.34. The van der Waals surface area contributed by atoms with Gasteiger partial charge >= 0.3 is 0 Å². The molecule has 2 aliphatic rings. The van der Waals surface area contributed by atoms with Gasteiger partial charge < -0.3 is 10.4 Å². The number of pyridine rings is 1. The molecule has 0 saturated heterocycles. The smallest absolute Gasteiger partial charge is 0.240 e. The highest BCUT2D eigenvalue weighted by molar-refractivity contribution is 7.89. The Morgan fingerprint density at radius 3 is 2.64 bits per heavy atom. The summed E-state index contributed by atoms with van der Waals surface area (Å²) >= 11 is 0. The molecule has 0 radical (unpaired) electrons. The van der Waals surface area contributed by atoms with E-state index >= 15 is 0 Å². The third-order valence-electron chi connectivity index (χ3n) is 4.87. The SMILES string of the molecule is O=S(=O)(NCCO)c1ccc(-c2ccnc3c2CC(C2CC2)N3)cc1. The van der Waals surface area contributed by atoms with E-state index in [2.05, 4.69) is 15.0 Å². The zero-order valence-corrected chi connectivity index (χ0v) is 14.6. The molecular formula is C18H21N3O3S. The van der Waals surface area contributed by atoms with Crippen LogP contribution in [0.5, 0.6) is 0 Å². The van der Waals surface area contributed by atoms with Gasteiger partial charge in [-0.3, -0.25) is 0 Å². The summed E-state index contributed by atoms with van der Waals surface area (Å²) in [4.78, 5) is 4.65. The first kappa shape index (κ1) is 16.5. The fourth-order valence-corrected chi connectivity index (χ4v) is 4.42. The molecular weight excluding hydrogens is 338 g/mol. The standard InChI is InChI=1S/C18H21N3O3S/c22-10-9-20-25(23,24)14-5-3-12(4-6-14)15-7-8-19-18-16(15)11-17(21-18)13-1-2-13/h3-8,13,17,20,22H,1-2,9-11H2,(H,19,21). The topological polar surface area (TPSA) is 91.3 Å². The van der Waals surface area contributed by atoms with Gasteiger partial charge in [0.05, 0.1) is 11.5 Å². The fraction of sp³-hybridized carbons (Fsp3) is 0.389. The number of aliphatic hydroxyl groups excluding tert-OH is 1. The maximum absolute atomic E-state index is 12.1. The molecule has 1 aliphatic carbocycles. The first-order valence-electron chi connectivity index (χ1n) is 8.54. The van der Waals surface area contributed by atoms with Crippen molar-refractivity contribution < 1.29 is 13.5 Å². The number of fused-ring (bicyclic) bond motifs is 1. The summed E-state index contributed by atoms with van der Waals surface area (Å²) in [7, 11) is -3.58. The first-order chi connectivity index (χ1) is 12.1. The largest absolute Gasteiger partial charge is 0.395 e. The van der Waals surface area contributed by atoms with Crippen molar-refractivity contribution in [1.82, 2.24) is 9.71 Å². The predicted molar refractivity (Wildman–Crippen MR) is 95.8 cm³/mol. The van der Waals surface area contributed by atoms with E-state index in [0.717, 1.165) is 29.3 Å². The monoisotopic (exact) mass is 359 g/mol. The Hall–Kier alpha value is -1.96. The minimum absolute atomic E-state index is 0.0101.